The van der Waals surface area contributed by atoms with Crippen LogP contribution in [0.5, 0.6) is 11.5 Å². The Labute approximate surface area is 362 Å². The molecule has 0 spiro atoms. The first-order chi connectivity index (χ1) is 28.2. The molecule has 0 atom stereocenters. The van der Waals surface area contributed by atoms with Gasteiger partial charge in [-0.05, 0) is 128 Å². The fraction of sp³-hybridized carbons (Fsp3) is 0.500. The van der Waals surface area contributed by atoms with Crippen molar-refractivity contribution in [2.45, 2.75) is 123 Å². The van der Waals surface area contributed by atoms with Gasteiger partial charge in [-0.1, -0.05) is 96.2 Å². The molecule has 1 N–H and O–H groups in total. The number of nitrogens with zero attached hydrogens (tertiary/aromatic N) is 1. The number of hydrogen-bond acceptors (Lipinski definition) is 7. The van der Waals surface area contributed by atoms with Crippen molar-refractivity contribution in [3.05, 3.63) is 118 Å². The number of Topliss-reactive ketones (excluding diaryl/α,β-unsaturated/α-hetero) is 2. The Bertz CT molecular complexity index is 2100. The Hall–Kier alpha value is -4.26. The molecule has 3 aromatic rings. The quantitative estimate of drug-likeness (QED) is 0.178. The van der Waals surface area contributed by atoms with Crippen LogP contribution in [-0.4, -0.2) is 65.4 Å². The summed E-state index contributed by atoms with van der Waals surface area (Å²) in [5.41, 5.74) is 6.67. The highest BCUT2D eigenvalue weighted by atomic mass is 28.4. The maximum atomic E-state index is 13.2. The molecule has 3 aromatic carbocycles. The van der Waals surface area contributed by atoms with Crippen LogP contribution in [0.1, 0.15) is 106 Å². The number of likely N-dealkylation sites (tertiary alicyclic amines) is 1. The molecule has 2 aliphatic carbocycles. The molecule has 2 aliphatic heterocycles. The number of rotatable bonds is 8. The van der Waals surface area contributed by atoms with E-state index in [-0.39, 0.29) is 35.8 Å². The van der Waals surface area contributed by atoms with Crippen LogP contribution in [-0.2, 0) is 24.2 Å². The Balaban J connectivity index is 0.000000240. The average molecular weight is 851 g/mol. The first kappa shape index (κ1) is 45.3. The van der Waals surface area contributed by atoms with E-state index < -0.39 is 16.6 Å². The fourth-order valence-electron chi connectivity index (χ4n) is 7.69. The lowest BCUT2D eigenvalue weighted by Gasteiger charge is -2.36. The van der Waals surface area contributed by atoms with Crippen LogP contribution in [0.15, 0.2) is 90.0 Å². The van der Waals surface area contributed by atoms with Gasteiger partial charge in [0.1, 0.15) is 18.1 Å². The fourth-order valence-corrected chi connectivity index (χ4v) is 9.73. The van der Waals surface area contributed by atoms with Crippen LogP contribution in [0.2, 0.25) is 36.3 Å². The van der Waals surface area contributed by atoms with Gasteiger partial charge in [-0.25, -0.2) is 4.79 Å². The molecule has 0 saturated carbocycles. The van der Waals surface area contributed by atoms with E-state index in [9.17, 15) is 14.4 Å². The molecule has 7 rings (SSSR count). The number of carbonyl (C=O) groups is 3. The summed E-state index contributed by atoms with van der Waals surface area (Å²) in [7, 11) is -3.85. The summed E-state index contributed by atoms with van der Waals surface area (Å²) in [4.78, 5) is 40.3. The lowest BCUT2D eigenvalue weighted by Crippen LogP contribution is -2.43. The first-order valence-corrected chi connectivity index (χ1v) is 27.8. The van der Waals surface area contributed by atoms with Gasteiger partial charge in [0, 0.05) is 49.6 Å². The lowest BCUT2D eigenvalue weighted by molar-refractivity contribution is 0.0851. The minimum absolute atomic E-state index is 0. The second kappa shape index (κ2) is 18.4. The van der Waals surface area contributed by atoms with Gasteiger partial charge in [-0.2, -0.15) is 0 Å². The Morgan fingerprint density at radius 3 is 1.60 bits per heavy atom. The molecule has 4 aliphatic rings. The number of ketones is 2. The number of carbonyl (C=O) groups excluding carboxylic acids is 3. The van der Waals surface area contributed by atoms with Crippen molar-refractivity contribution < 1.29 is 29.4 Å². The Morgan fingerprint density at radius 2 is 1.15 bits per heavy atom. The summed E-state index contributed by atoms with van der Waals surface area (Å²) >= 11 is 0. The predicted molar refractivity (Wildman–Crippen MR) is 249 cm³/mol. The zero-order valence-electron chi connectivity index (χ0n) is 37.8. The normalized spacial score (nSPS) is 19.2. The van der Waals surface area contributed by atoms with E-state index in [2.05, 4.69) is 91.3 Å². The van der Waals surface area contributed by atoms with Crippen molar-refractivity contribution in [1.29, 1.82) is 0 Å². The zero-order chi connectivity index (χ0) is 43.5. The smallest absolute Gasteiger partial charge is 0.410 e. The SMILES string of the molecule is CC(C)(C)[Si](C)(C)Oc1ccc2c(c1)C(=O)/C(=C/C1CCN(C(=O)OCc3ccccc3)CC1)C2.CC(C)(C)[Si](C)(C)Oc1ccc2c(c1)C(=O)/C(=C/C1CCNCC1)C2.[HH]. The minimum Gasteiger partial charge on any atom is -0.543 e. The molecule has 1 amide bonds. The van der Waals surface area contributed by atoms with Gasteiger partial charge >= 0.3 is 6.09 Å². The molecule has 0 aromatic heterocycles. The molecule has 0 radical (unpaired) electrons. The Morgan fingerprint density at radius 1 is 0.700 bits per heavy atom. The van der Waals surface area contributed by atoms with E-state index in [0.29, 0.717) is 31.3 Å². The summed E-state index contributed by atoms with van der Waals surface area (Å²) in [6.07, 6.45) is 9.51. The molecule has 8 nitrogen and oxygen atoms in total. The molecule has 0 unspecified atom stereocenters. The minimum atomic E-state index is -1.96. The van der Waals surface area contributed by atoms with Crippen molar-refractivity contribution in [3.63, 3.8) is 0 Å². The number of amides is 1. The topological polar surface area (TPSA) is 94.2 Å². The van der Waals surface area contributed by atoms with Gasteiger partial charge in [-0.15, -0.1) is 0 Å². The van der Waals surface area contributed by atoms with Crippen molar-refractivity contribution in [3.8, 4) is 11.5 Å². The van der Waals surface area contributed by atoms with Crippen molar-refractivity contribution in [2.75, 3.05) is 26.2 Å². The second-order valence-corrected chi connectivity index (χ2v) is 29.7. The van der Waals surface area contributed by atoms with E-state index in [1.54, 1.807) is 4.90 Å². The molecular weight excluding hydrogens is 781 g/mol. The van der Waals surface area contributed by atoms with E-state index in [0.717, 1.165) is 95.7 Å². The van der Waals surface area contributed by atoms with Crippen molar-refractivity contribution in [2.24, 2.45) is 11.8 Å². The highest BCUT2D eigenvalue weighted by Crippen LogP contribution is 2.40. The number of benzene rings is 3. The molecule has 324 valence electrons. The lowest BCUT2D eigenvalue weighted by atomic mass is 9.93. The number of hydrogen-bond donors (Lipinski definition) is 1. The average Bonchev–Trinajstić information content (AvgIpc) is 3.67. The first-order valence-electron chi connectivity index (χ1n) is 22.0. The van der Waals surface area contributed by atoms with E-state index in [1.165, 1.54) is 0 Å². The standard InChI is InChI=1S/C29H37NO4Si.C21H31NO2Si.H2/c1-29(2,3)35(4,5)34-25-12-11-23-18-24(27(31)26(23)19-25)17-21-13-15-30(16-14-21)28(32)33-20-22-9-7-6-8-10-22;1-21(2,3)25(4,5)24-18-7-6-16-13-17(20(23)19(16)14-18)12-15-8-10-22-11-9-15;/h6-12,17,19,21H,13-16,18,20H2,1-5H3;6-7,12,14-15,22H,8-11,13H2,1-5H3;1H/b24-17+;17-12+;. The summed E-state index contributed by atoms with van der Waals surface area (Å²) in [6.45, 7) is 26.0. The molecule has 2 fully saturated rings. The second-order valence-electron chi connectivity index (χ2n) is 20.2. The van der Waals surface area contributed by atoms with Gasteiger partial charge in [0.25, 0.3) is 0 Å². The van der Waals surface area contributed by atoms with Gasteiger partial charge < -0.3 is 23.8 Å². The summed E-state index contributed by atoms with van der Waals surface area (Å²) in [5, 5.41) is 3.63. The van der Waals surface area contributed by atoms with Crippen LogP contribution in [0.3, 0.4) is 0 Å². The predicted octanol–water partition coefficient (Wildman–Crippen LogP) is 11.8. The molecular formula is C50H70N2O6Si2. The van der Waals surface area contributed by atoms with Crippen molar-refractivity contribution in [1.82, 2.24) is 10.2 Å². The zero-order valence-corrected chi connectivity index (χ0v) is 39.8. The molecule has 60 heavy (non-hydrogen) atoms. The molecule has 2 saturated heterocycles. The van der Waals surface area contributed by atoms with Gasteiger partial charge in [0.15, 0.2) is 11.6 Å². The summed E-state index contributed by atoms with van der Waals surface area (Å²) in [6, 6.07) is 21.8. The molecule has 2 heterocycles. The molecule has 0 bridgehead atoms. The summed E-state index contributed by atoms with van der Waals surface area (Å²) < 4.78 is 18.3. The third-order valence-electron chi connectivity index (χ3n) is 13.6. The van der Waals surface area contributed by atoms with Crippen LogP contribution in [0.25, 0.3) is 0 Å². The van der Waals surface area contributed by atoms with Crippen LogP contribution < -0.4 is 14.2 Å². The monoisotopic (exact) mass is 850 g/mol. The largest absolute Gasteiger partial charge is 0.543 e. The van der Waals surface area contributed by atoms with Crippen LogP contribution in [0.4, 0.5) is 4.79 Å². The number of ether oxygens (including phenoxy) is 1. The number of piperidine rings is 2. The van der Waals surface area contributed by atoms with E-state index in [1.807, 2.05) is 60.7 Å². The third-order valence-corrected chi connectivity index (χ3v) is 22.3. The van der Waals surface area contributed by atoms with Crippen LogP contribution >= 0.6 is 0 Å². The third kappa shape index (κ3) is 11.0. The van der Waals surface area contributed by atoms with Crippen molar-refractivity contribution >= 4 is 34.3 Å². The van der Waals surface area contributed by atoms with Gasteiger partial charge in [-0.3, -0.25) is 9.59 Å². The highest BCUT2D eigenvalue weighted by molar-refractivity contribution is 6.75. The maximum absolute atomic E-state index is 13.2. The number of nitrogens with one attached hydrogen (secondary N) is 1. The van der Waals surface area contributed by atoms with Crippen LogP contribution in [0, 0.1) is 11.8 Å². The van der Waals surface area contributed by atoms with Gasteiger partial charge in [0.05, 0.1) is 0 Å². The number of allylic oxidation sites excluding steroid dienone is 4. The highest BCUT2D eigenvalue weighted by Gasteiger charge is 2.40. The number of fused-ring (bicyclic) bond motifs is 2. The molecule has 10 heteroatoms. The summed E-state index contributed by atoms with van der Waals surface area (Å²) in [5.74, 6) is 2.80. The maximum Gasteiger partial charge on any atom is 0.410 e. The van der Waals surface area contributed by atoms with E-state index in [4.69, 9.17) is 13.6 Å². The van der Waals surface area contributed by atoms with E-state index >= 15 is 0 Å². The van der Waals surface area contributed by atoms with Gasteiger partial charge in [0.2, 0.25) is 16.6 Å². The Kier molecular flexibility index (Phi) is 13.9.